The molecule has 0 saturated heterocycles. The highest BCUT2D eigenvalue weighted by molar-refractivity contribution is 7.13. The van der Waals surface area contributed by atoms with Gasteiger partial charge in [-0.25, -0.2) is 4.98 Å². The lowest BCUT2D eigenvalue weighted by atomic mass is 9.50. The second-order valence-electron chi connectivity index (χ2n) is 6.38. The van der Waals surface area contributed by atoms with Crippen molar-refractivity contribution >= 4 is 17.6 Å². The zero-order valence-corrected chi connectivity index (χ0v) is 10.7. The molecule has 4 saturated carbocycles. The van der Waals surface area contributed by atoms with Crippen molar-refractivity contribution in [3.8, 4) is 0 Å². The van der Waals surface area contributed by atoms with Gasteiger partial charge in [-0.15, -0.1) is 11.3 Å². The minimum absolute atomic E-state index is 0.362. The summed E-state index contributed by atoms with van der Waals surface area (Å²) in [7, 11) is 0. The van der Waals surface area contributed by atoms with Crippen LogP contribution in [0.1, 0.15) is 53.2 Å². The number of nitrogens with zero attached hydrogens (tertiary/aromatic N) is 1. The standard InChI is InChI=1S/C14H17NOS/c16-8-12-7-15-13(17-12)14-4-9-1-10(5-14)3-11(2-9)6-14/h7-11H,1-6H2. The van der Waals surface area contributed by atoms with Crippen LogP contribution in [0.2, 0.25) is 0 Å². The number of thiazole rings is 1. The number of carbonyl (C=O) groups is 1. The molecule has 90 valence electrons. The molecule has 0 unspecified atom stereocenters. The molecule has 17 heavy (non-hydrogen) atoms. The summed E-state index contributed by atoms with van der Waals surface area (Å²) in [4.78, 5) is 16.2. The molecule has 3 heteroatoms. The Hall–Kier alpha value is -0.700. The summed E-state index contributed by atoms with van der Waals surface area (Å²) >= 11 is 1.64. The molecule has 1 heterocycles. The Balaban J connectivity index is 1.74. The van der Waals surface area contributed by atoms with Crippen LogP contribution in [0.15, 0.2) is 6.20 Å². The second kappa shape index (κ2) is 3.41. The maximum atomic E-state index is 10.8. The summed E-state index contributed by atoms with van der Waals surface area (Å²) in [6.45, 7) is 0. The van der Waals surface area contributed by atoms with Crippen LogP contribution in [0.5, 0.6) is 0 Å². The fourth-order valence-corrected chi connectivity index (χ4v) is 5.91. The summed E-state index contributed by atoms with van der Waals surface area (Å²) in [5.74, 6) is 2.85. The third-order valence-electron chi connectivity index (χ3n) is 5.13. The Kier molecular flexibility index (Phi) is 2.05. The van der Waals surface area contributed by atoms with Crippen LogP contribution in [0, 0.1) is 17.8 Å². The minimum Gasteiger partial charge on any atom is -0.297 e. The van der Waals surface area contributed by atoms with Crippen molar-refractivity contribution in [3.05, 3.63) is 16.1 Å². The van der Waals surface area contributed by atoms with Crippen LogP contribution in [0.25, 0.3) is 0 Å². The molecule has 4 fully saturated rings. The molecular weight excluding hydrogens is 230 g/mol. The normalized spacial score (nSPS) is 42.9. The highest BCUT2D eigenvalue weighted by Crippen LogP contribution is 2.61. The number of aldehydes is 1. The van der Waals surface area contributed by atoms with Gasteiger partial charge >= 0.3 is 0 Å². The van der Waals surface area contributed by atoms with E-state index in [9.17, 15) is 4.79 Å². The molecule has 1 aromatic rings. The molecular formula is C14H17NOS. The van der Waals surface area contributed by atoms with Crippen molar-refractivity contribution < 1.29 is 4.79 Å². The lowest BCUT2D eigenvalue weighted by Crippen LogP contribution is -2.48. The van der Waals surface area contributed by atoms with Gasteiger partial charge in [-0.2, -0.15) is 0 Å². The quantitative estimate of drug-likeness (QED) is 0.749. The van der Waals surface area contributed by atoms with E-state index in [1.807, 2.05) is 0 Å². The Bertz CT molecular complexity index is 429. The van der Waals surface area contributed by atoms with Crippen LogP contribution in [0.4, 0.5) is 0 Å². The maximum absolute atomic E-state index is 10.8. The molecule has 1 aromatic heterocycles. The minimum atomic E-state index is 0.362. The van der Waals surface area contributed by atoms with Gasteiger partial charge in [-0.05, 0) is 56.3 Å². The molecule has 0 spiro atoms. The van der Waals surface area contributed by atoms with Gasteiger partial charge < -0.3 is 0 Å². The molecule has 4 bridgehead atoms. The summed E-state index contributed by atoms with van der Waals surface area (Å²) < 4.78 is 0. The van der Waals surface area contributed by atoms with E-state index < -0.39 is 0 Å². The van der Waals surface area contributed by atoms with Crippen molar-refractivity contribution in [2.75, 3.05) is 0 Å². The van der Waals surface area contributed by atoms with Gasteiger partial charge in [0.1, 0.15) is 0 Å². The summed E-state index contributed by atoms with van der Waals surface area (Å²) in [5, 5.41) is 1.26. The van der Waals surface area contributed by atoms with Crippen molar-refractivity contribution in [2.24, 2.45) is 17.8 Å². The van der Waals surface area contributed by atoms with Crippen molar-refractivity contribution in [1.29, 1.82) is 0 Å². The first-order chi connectivity index (χ1) is 8.27. The second-order valence-corrected chi connectivity index (χ2v) is 7.45. The summed E-state index contributed by atoms with van der Waals surface area (Å²) in [5.41, 5.74) is 0.362. The van der Waals surface area contributed by atoms with E-state index in [0.717, 1.165) is 28.9 Å². The number of hydrogen-bond acceptors (Lipinski definition) is 3. The van der Waals surface area contributed by atoms with Gasteiger partial charge in [0, 0.05) is 11.6 Å². The van der Waals surface area contributed by atoms with E-state index in [2.05, 4.69) is 4.98 Å². The molecule has 0 N–H and O–H groups in total. The Labute approximate surface area is 105 Å². The molecule has 0 radical (unpaired) electrons. The van der Waals surface area contributed by atoms with E-state index in [1.165, 1.54) is 43.5 Å². The number of aromatic nitrogens is 1. The van der Waals surface area contributed by atoms with Crippen LogP contribution in [-0.2, 0) is 5.41 Å². The Morgan fingerprint density at radius 2 is 1.76 bits per heavy atom. The van der Waals surface area contributed by atoms with Gasteiger partial charge in [0.2, 0.25) is 0 Å². The van der Waals surface area contributed by atoms with Crippen LogP contribution >= 0.6 is 11.3 Å². The first-order valence-corrected chi connectivity index (χ1v) is 7.50. The number of hydrogen-bond donors (Lipinski definition) is 0. The van der Waals surface area contributed by atoms with Gasteiger partial charge in [0.25, 0.3) is 0 Å². The molecule has 4 aliphatic rings. The topological polar surface area (TPSA) is 30.0 Å². The molecule has 5 rings (SSSR count). The predicted molar refractivity (Wildman–Crippen MR) is 67.4 cm³/mol. The maximum Gasteiger partial charge on any atom is 0.161 e. The highest BCUT2D eigenvalue weighted by atomic mass is 32.1. The molecule has 4 aliphatic carbocycles. The van der Waals surface area contributed by atoms with E-state index >= 15 is 0 Å². The van der Waals surface area contributed by atoms with Crippen LogP contribution in [-0.4, -0.2) is 11.3 Å². The molecule has 2 nitrogen and oxygen atoms in total. The van der Waals surface area contributed by atoms with Crippen molar-refractivity contribution in [2.45, 2.75) is 43.9 Å². The van der Waals surface area contributed by atoms with E-state index in [-0.39, 0.29) is 0 Å². The van der Waals surface area contributed by atoms with Crippen LogP contribution < -0.4 is 0 Å². The van der Waals surface area contributed by atoms with E-state index in [4.69, 9.17) is 0 Å². The van der Waals surface area contributed by atoms with Crippen molar-refractivity contribution in [1.82, 2.24) is 4.98 Å². The lowest BCUT2D eigenvalue weighted by Gasteiger charge is -2.56. The largest absolute Gasteiger partial charge is 0.297 e. The van der Waals surface area contributed by atoms with E-state index in [1.54, 1.807) is 17.5 Å². The highest BCUT2D eigenvalue weighted by Gasteiger charge is 2.52. The third kappa shape index (κ3) is 1.44. The monoisotopic (exact) mass is 247 g/mol. The molecule has 0 aromatic carbocycles. The smallest absolute Gasteiger partial charge is 0.161 e. The molecule has 0 atom stereocenters. The van der Waals surface area contributed by atoms with Crippen molar-refractivity contribution in [3.63, 3.8) is 0 Å². The zero-order valence-electron chi connectivity index (χ0n) is 9.89. The SMILES string of the molecule is O=Cc1cnc(C23CC4CC(CC(C4)C2)C3)s1. The fourth-order valence-electron chi connectivity index (χ4n) is 4.96. The summed E-state index contributed by atoms with van der Waals surface area (Å²) in [6, 6.07) is 0. The Morgan fingerprint density at radius 3 is 2.24 bits per heavy atom. The third-order valence-corrected chi connectivity index (χ3v) is 6.30. The number of rotatable bonds is 2. The average Bonchev–Trinajstić information content (AvgIpc) is 2.76. The first-order valence-electron chi connectivity index (χ1n) is 6.69. The molecule has 0 aliphatic heterocycles. The fraction of sp³-hybridized carbons (Fsp3) is 0.714. The van der Waals surface area contributed by atoms with Gasteiger partial charge in [0.15, 0.2) is 6.29 Å². The average molecular weight is 247 g/mol. The predicted octanol–water partition coefficient (Wildman–Crippen LogP) is 3.42. The lowest BCUT2D eigenvalue weighted by molar-refractivity contribution is -0.00527. The van der Waals surface area contributed by atoms with Crippen LogP contribution in [0.3, 0.4) is 0 Å². The van der Waals surface area contributed by atoms with Gasteiger partial charge in [-0.1, -0.05) is 0 Å². The molecule has 0 amide bonds. The van der Waals surface area contributed by atoms with Gasteiger partial charge in [-0.3, -0.25) is 4.79 Å². The first kappa shape index (κ1) is 10.2. The summed E-state index contributed by atoms with van der Waals surface area (Å²) in [6.07, 6.45) is 11.1. The van der Waals surface area contributed by atoms with Gasteiger partial charge in [0.05, 0.1) is 9.88 Å². The number of carbonyl (C=O) groups excluding carboxylic acids is 1. The zero-order chi connectivity index (χ0) is 11.5. The Morgan fingerprint density at radius 1 is 1.18 bits per heavy atom. The van der Waals surface area contributed by atoms with E-state index in [0.29, 0.717) is 5.41 Å².